The van der Waals surface area contributed by atoms with Crippen LogP contribution in [0.1, 0.15) is 30.9 Å². The van der Waals surface area contributed by atoms with Crippen LogP contribution in [0.2, 0.25) is 0 Å². The number of piperidine rings is 1. The molecule has 1 aliphatic rings. The van der Waals surface area contributed by atoms with Crippen LogP contribution in [-0.4, -0.2) is 45.5 Å². The third-order valence-electron chi connectivity index (χ3n) is 5.22. The van der Waals surface area contributed by atoms with Gasteiger partial charge >= 0.3 is 0 Å². The zero-order valence-corrected chi connectivity index (χ0v) is 17.1. The van der Waals surface area contributed by atoms with E-state index in [1.807, 2.05) is 23.1 Å². The zero-order valence-electron chi connectivity index (χ0n) is 17.1. The predicted molar refractivity (Wildman–Crippen MR) is 115 cm³/mol. The van der Waals surface area contributed by atoms with Crippen molar-refractivity contribution in [3.8, 4) is 5.75 Å². The molecule has 0 atom stereocenters. The van der Waals surface area contributed by atoms with Crippen LogP contribution in [0.25, 0.3) is 0 Å². The number of carbonyl (C=O) groups excluding carboxylic acids is 1. The first-order chi connectivity index (χ1) is 15.2. The average molecular weight is 421 g/mol. The highest BCUT2D eigenvalue weighted by atomic mass is 19.1. The second-order valence-electron chi connectivity index (χ2n) is 7.38. The Balaban J connectivity index is 1.25. The van der Waals surface area contributed by atoms with Crippen LogP contribution in [0, 0.1) is 5.82 Å². The first-order valence-electron chi connectivity index (χ1n) is 10.3. The Kier molecular flexibility index (Phi) is 6.66. The highest BCUT2D eigenvalue weighted by Crippen LogP contribution is 2.27. The fourth-order valence-corrected chi connectivity index (χ4v) is 3.60. The fourth-order valence-electron chi connectivity index (χ4n) is 3.60. The molecular formula is C23H24FN5O2. The van der Waals surface area contributed by atoms with Gasteiger partial charge in [-0.2, -0.15) is 0 Å². The Bertz CT molecular complexity index is 1010. The lowest BCUT2D eigenvalue weighted by molar-refractivity contribution is -0.132. The number of likely N-dealkylation sites (tertiary alicyclic amines) is 1. The topological polar surface area (TPSA) is 80.2 Å². The molecule has 0 saturated carbocycles. The summed E-state index contributed by atoms with van der Waals surface area (Å²) in [7, 11) is 0. The summed E-state index contributed by atoms with van der Waals surface area (Å²) in [5.74, 6) is 1.76. The van der Waals surface area contributed by atoms with Crippen LogP contribution >= 0.6 is 0 Å². The van der Waals surface area contributed by atoms with Crippen molar-refractivity contribution in [3.63, 3.8) is 0 Å². The van der Waals surface area contributed by atoms with Crippen molar-refractivity contribution in [2.75, 3.05) is 25.0 Å². The van der Waals surface area contributed by atoms with Crippen molar-refractivity contribution in [2.24, 2.45) is 0 Å². The van der Waals surface area contributed by atoms with E-state index in [9.17, 15) is 9.18 Å². The van der Waals surface area contributed by atoms with E-state index < -0.39 is 0 Å². The first kappa shape index (κ1) is 20.7. The number of pyridine rings is 1. The van der Waals surface area contributed by atoms with Gasteiger partial charge in [0.2, 0.25) is 5.91 Å². The van der Waals surface area contributed by atoms with Gasteiger partial charge in [-0.1, -0.05) is 12.1 Å². The second kappa shape index (κ2) is 9.97. The molecule has 3 aromatic rings. The van der Waals surface area contributed by atoms with Crippen LogP contribution < -0.4 is 10.1 Å². The van der Waals surface area contributed by atoms with Gasteiger partial charge in [0.1, 0.15) is 23.2 Å². The molecular weight excluding hydrogens is 397 g/mol. The maximum absolute atomic E-state index is 13.2. The van der Waals surface area contributed by atoms with Gasteiger partial charge in [0.05, 0.1) is 24.9 Å². The maximum atomic E-state index is 13.2. The molecule has 1 aliphatic heterocycles. The van der Waals surface area contributed by atoms with Gasteiger partial charge in [-0.05, 0) is 37.1 Å². The molecule has 2 aromatic heterocycles. The second-order valence-corrected chi connectivity index (χ2v) is 7.38. The number of benzene rings is 1. The normalized spacial score (nSPS) is 14.3. The van der Waals surface area contributed by atoms with Crippen molar-refractivity contribution in [1.29, 1.82) is 0 Å². The monoisotopic (exact) mass is 421 g/mol. The van der Waals surface area contributed by atoms with Gasteiger partial charge in [0, 0.05) is 37.5 Å². The molecule has 160 valence electrons. The number of hydrogen-bond acceptors (Lipinski definition) is 6. The number of halogens is 1. The molecule has 0 aliphatic carbocycles. The molecule has 0 radical (unpaired) electrons. The first-order valence-corrected chi connectivity index (χ1v) is 10.3. The molecule has 0 bridgehead atoms. The van der Waals surface area contributed by atoms with Gasteiger partial charge in [-0.15, -0.1) is 0 Å². The maximum Gasteiger partial charge on any atom is 0.225 e. The number of hydrogen-bond donors (Lipinski definition) is 1. The molecule has 0 unspecified atom stereocenters. The molecule has 7 nitrogen and oxygen atoms in total. The minimum Gasteiger partial charge on any atom is -0.493 e. The van der Waals surface area contributed by atoms with Crippen molar-refractivity contribution in [2.45, 2.75) is 25.2 Å². The Morgan fingerprint density at radius 1 is 1.13 bits per heavy atom. The summed E-state index contributed by atoms with van der Waals surface area (Å²) in [4.78, 5) is 27.6. The Morgan fingerprint density at radius 3 is 2.77 bits per heavy atom. The number of nitrogens with zero attached hydrogens (tertiary/aromatic N) is 4. The average Bonchev–Trinajstić information content (AvgIpc) is 2.80. The molecule has 0 spiro atoms. The van der Waals surface area contributed by atoms with Gasteiger partial charge < -0.3 is 15.0 Å². The molecule has 31 heavy (non-hydrogen) atoms. The number of ether oxygens (including phenoxy) is 1. The van der Waals surface area contributed by atoms with Crippen molar-refractivity contribution in [3.05, 3.63) is 72.6 Å². The minimum atomic E-state index is -0.353. The Labute approximate surface area is 180 Å². The third kappa shape index (κ3) is 5.75. The number of nitrogens with one attached hydrogen (secondary N) is 1. The molecule has 1 fully saturated rings. The largest absolute Gasteiger partial charge is 0.493 e. The van der Waals surface area contributed by atoms with Crippen molar-refractivity contribution < 1.29 is 13.9 Å². The summed E-state index contributed by atoms with van der Waals surface area (Å²) in [5, 5.41) is 3.16. The number of rotatable bonds is 7. The molecule has 1 N–H and O–H groups in total. The van der Waals surface area contributed by atoms with Crippen LogP contribution in [0.15, 0.2) is 61.1 Å². The van der Waals surface area contributed by atoms with Gasteiger partial charge in [0.15, 0.2) is 0 Å². The number of carbonyl (C=O) groups is 1. The van der Waals surface area contributed by atoms with Crippen LogP contribution in [0.3, 0.4) is 0 Å². The summed E-state index contributed by atoms with van der Waals surface area (Å²) >= 11 is 0. The summed E-state index contributed by atoms with van der Waals surface area (Å²) in [5.41, 5.74) is 0.919. The number of aromatic nitrogens is 3. The lowest BCUT2D eigenvalue weighted by Gasteiger charge is -2.31. The lowest BCUT2D eigenvalue weighted by Crippen LogP contribution is -2.38. The van der Waals surface area contributed by atoms with Gasteiger partial charge in [0.25, 0.3) is 0 Å². The third-order valence-corrected chi connectivity index (χ3v) is 5.22. The molecule has 1 aromatic carbocycles. The standard InChI is InChI=1S/C23H24FN5O2/c24-18-4-3-5-19(14-18)31-13-9-23(30)29-11-7-17(8-12-29)20-15-25-16-22(27-20)28-21-6-1-2-10-26-21/h1-6,10,14-17H,7-9,11-13H2,(H,26,27,28). The van der Waals surface area contributed by atoms with E-state index in [0.717, 1.165) is 24.4 Å². The summed E-state index contributed by atoms with van der Waals surface area (Å²) in [6, 6.07) is 11.6. The van der Waals surface area contributed by atoms with E-state index >= 15 is 0 Å². The van der Waals surface area contributed by atoms with E-state index in [1.54, 1.807) is 30.7 Å². The highest BCUT2D eigenvalue weighted by molar-refractivity contribution is 5.76. The smallest absolute Gasteiger partial charge is 0.225 e. The summed E-state index contributed by atoms with van der Waals surface area (Å²) < 4.78 is 18.7. The molecule has 3 heterocycles. The van der Waals surface area contributed by atoms with E-state index in [4.69, 9.17) is 4.74 Å². The predicted octanol–water partition coefficient (Wildman–Crippen LogP) is 3.93. The van der Waals surface area contributed by atoms with Gasteiger partial charge in [-0.25, -0.2) is 14.4 Å². The summed E-state index contributed by atoms with van der Waals surface area (Å²) in [6.45, 7) is 1.57. The number of amides is 1. The molecule has 1 saturated heterocycles. The fraction of sp³-hybridized carbons (Fsp3) is 0.304. The number of anilines is 2. The zero-order chi connectivity index (χ0) is 21.5. The quantitative estimate of drug-likeness (QED) is 0.623. The lowest BCUT2D eigenvalue weighted by atomic mass is 9.93. The van der Waals surface area contributed by atoms with Crippen molar-refractivity contribution >= 4 is 17.5 Å². The molecule has 8 heteroatoms. The van der Waals surface area contributed by atoms with Crippen molar-refractivity contribution in [1.82, 2.24) is 19.9 Å². The van der Waals surface area contributed by atoms with Crippen LogP contribution in [0.5, 0.6) is 5.75 Å². The highest BCUT2D eigenvalue weighted by Gasteiger charge is 2.25. The van der Waals surface area contributed by atoms with Gasteiger partial charge in [-0.3, -0.25) is 9.78 Å². The summed E-state index contributed by atoms with van der Waals surface area (Å²) in [6.07, 6.45) is 7.12. The Morgan fingerprint density at radius 2 is 2.00 bits per heavy atom. The Hall–Kier alpha value is -3.55. The molecule has 1 amide bonds. The van der Waals surface area contributed by atoms with E-state index in [1.165, 1.54) is 12.1 Å². The van der Waals surface area contributed by atoms with E-state index in [2.05, 4.69) is 20.3 Å². The SMILES string of the molecule is O=C(CCOc1cccc(F)c1)N1CCC(c2cncc(Nc3ccccn3)n2)CC1. The minimum absolute atomic E-state index is 0.0477. The van der Waals surface area contributed by atoms with E-state index in [0.29, 0.717) is 24.7 Å². The van der Waals surface area contributed by atoms with Crippen LogP contribution in [0.4, 0.5) is 16.0 Å². The van der Waals surface area contributed by atoms with E-state index in [-0.39, 0.29) is 30.7 Å². The molecule has 4 rings (SSSR count). The van der Waals surface area contributed by atoms with Crippen LogP contribution in [-0.2, 0) is 4.79 Å².